The molecule has 0 saturated carbocycles. The number of hydrogen-bond donors (Lipinski definition) is 0. The van der Waals surface area contributed by atoms with E-state index in [9.17, 15) is 14.0 Å². The van der Waals surface area contributed by atoms with Crippen molar-refractivity contribution in [2.24, 2.45) is 0 Å². The minimum absolute atomic E-state index is 0.0220. The lowest BCUT2D eigenvalue weighted by Crippen LogP contribution is -2.17. The number of ether oxygens (including phenoxy) is 1. The van der Waals surface area contributed by atoms with Crippen molar-refractivity contribution in [2.45, 2.75) is 26.8 Å². The van der Waals surface area contributed by atoms with E-state index in [1.807, 2.05) is 0 Å². The van der Waals surface area contributed by atoms with Gasteiger partial charge in [0.2, 0.25) is 0 Å². The van der Waals surface area contributed by atoms with Crippen LogP contribution in [0.5, 0.6) is 0 Å². The highest BCUT2D eigenvalue weighted by molar-refractivity contribution is 5.89. The molecular weight excluding hydrogens is 289 g/mol. The van der Waals surface area contributed by atoms with Crippen molar-refractivity contribution in [1.29, 1.82) is 0 Å². The summed E-state index contributed by atoms with van der Waals surface area (Å²) in [6.07, 6.45) is 1.40. The molecule has 2 aromatic heterocycles. The number of carbonyl (C=O) groups is 2. The smallest absolute Gasteiger partial charge is 0.356 e. The molecule has 6 nitrogen and oxygen atoms in total. The van der Waals surface area contributed by atoms with Crippen molar-refractivity contribution in [3.63, 3.8) is 0 Å². The predicted molar refractivity (Wildman–Crippen MR) is 76.7 cm³/mol. The number of Topliss-reactive ketones (excluding diaryl/α,β-unsaturated/α-hetero) is 1. The second-order valence-electron chi connectivity index (χ2n) is 4.55. The van der Waals surface area contributed by atoms with Gasteiger partial charge in [0, 0.05) is 12.5 Å². The maximum atomic E-state index is 12.9. The number of esters is 1. The van der Waals surface area contributed by atoms with Gasteiger partial charge in [-0.05, 0) is 19.1 Å². The van der Waals surface area contributed by atoms with Crippen LogP contribution in [0.3, 0.4) is 0 Å². The van der Waals surface area contributed by atoms with Crippen LogP contribution in [0.4, 0.5) is 4.39 Å². The van der Waals surface area contributed by atoms with Crippen LogP contribution in [0.1, 0.15) is 30.8 Å². The zero-order valence-corrected chi connectivity index (χ0v) is 12.4. The Bertz CT molecular complexity index is 680. The second-order valence-corrected chi connectivity index (χ2v) is 4.55. The zero-order chi connectivity index (χ0) is 16.1. The van der Waals surface area contributed by atoms with E-state index >= 15 is 0 Å². The Morgan fingerprint density at radius 1 is 1.27 bits per heavy atom. The van der Waals surface area contributed by atoms with Crippen LogP contribution in [0.2, 0.25) is 0 Å². The Balaban J connectivity index is 2.40. The van der Waals surface area contributed by atoms with Crippen molar-refractivity contribution >= 4 is 11.8 Å². The first-order valence-corrected chi connectivity index (χ1v) is 6.93. The molecule has 7 heteroatoms. The summed E-state index contributed by atoms with van der Waals surface area (Å²) in [7, 11) is 0. The van der Waals surface area contributed by atoms with Crippen LogP contribution in [-0.4, -0.2) is 33.1 Å². The molecule has 0 aromatic carbocycles. The van der Waals surface area contributed by atoms with E-state index in [4.69, 9.17) is 4.74 Å². The van der Waals surface area contributed by atoms with E-state index in [0.717, 1.165) is 6.20 Å². The minimum Gasteiger partial charge on any atom is -0.461 e. The molecule has 0 amide bonds. The molecule has 0 aliphatic heterocycles. The quantitative estimate of drug-likeness (QED) is 0.765. The number of halogens is 1. The van der Waals surface area contributed by atoms with Crippen LogP contribution >= 0.6 is 0 Å². The topological polar surface area (TPSA) is 74.1 Å². The molecule has 0 aliphatic carbocycles. The molecule has 0 saturated heterocycles. The average molecular weight is 305 g/mol. The molecule has 2 heterocycles. The maximum Gasteiger partial charge on any atom is 0.356 e. The summed E-state index contributed by atoms with van der Waals surface area (Å²) in [6.45, 7) is 3.62. The van der Waals surface area contributed by atoms with Crippen LogP contribution in [0.25, 0.3) is 11.4 Å². The first kappa shape index (κ1) is 15.8. The monoisotopic (exact) mass is 305 g/mol. The summed E-state index contributed by atoms with van der Waals surface area (Å²) in [5.74, 6) is -1.09. The largest absolute Gasteiger partial charge is 0.461 e. The van der Waals surface area contributed by atoms with Gasteiger partial charge in [-0.1, -0.05) is 6.92 Å². The second kappa shape index (κ2) is 6.93. The number of nitrogens with zero attached hydrogens (tertiary/aromatic N) is 3. The van der Waals surface area contributed by atoms with E-state index in [0.29, 0.717) is 17.8 Å². The van der Waals surface area contributed by atoms with E-state index in [1.54, 1.807) is 13.8 Å². The summed E-state index contributed by atoms with van der Waals surface area (Å²) in [4.78, 5) is 27.5. The SMILES string of the molecule is CCOC(=O)c1cc(-c2ccc(F)cn2)nn1CC(=O)CC. The Morgan fingerprint density at radius 2 is 2.05 bits per heavy atom. The molecule has 116 valence electrons. The van der Waals surface area contributed by atoms with Crippen LogP contribution in [-0.2, 0) is 16.1 Å². The first-order chi connectivity index (χ1) is 10.5. The van der Waals surface area contributed by atoms with E-state index in [2.05, 4.69) is 10.1 Å². The number of rotatable bonds is 6. The van der Waals surface area contributed by atoms with Crippen molar-refractivity contribution in [3.8, 4) is 11.4 Å². The van der Waals surface area contributed by atoms with E-state index in [1.165, 1.54) is 22.9 Å². The number of pyridine rings is 1. The summed E-state index contributed by atoms with van der Waals surface area (Å²) in [5, 5.41) is 4.21. The fourth-order valence-electron chi connectivity index (χ4n) is 1.84. The molecule has 0 spiro atoms. The lowest BCUT2D eigenvalue weighted by atomic mass is 10.2. The number of aromatic nitrogens is 3. The van der Waals surface area contributed by atoms with Crippen molar-refractivity contribution in [2.75, 3.05) is 6.61 Å². The Kier molecular flexibility index (Phi) is 4.98. The highest BCUT2D eigenvalue weighted by Crippen LogP contribution is 2.18. The third kappa shape index (κ3) is 3.55. The lowest BCUT2D eigenvalue weighted by Gasteiger charge is -2.05. The van der Waals surface area contributed by atoms with Gasteiger partial charge in [0.1, 0.15) is 23.7 Å². The fraction of sp³-hybridized carbons (Fsp3) is 0.333. The van der Waals surface area contributed by atoms with E-state index in [-0.39, 0.29) is 24.6 Å². The summed E-state index contributed by atoms with van der Waals surface area (Å²) in [5.41, 5.74) is 0.964. The van der Waals surface area contributed by atoms with Gasteiger partial charge in [-0.3, -0.25) is 9.78 Å². The average Bonchev–Trinajstić information content (AvgIpc) is 2.92. The van der Waals surface area contributed by atoms with Crippen LogP contribution in [0.15, 0.2) is 24.4 Å². The molecule has 0 bridgehead atoms. The molecule has 0 radical (unpaired) electrons. The summed E-state index contributed by atoms with van der Waals surface area (Å²) < 4.78 is 19.2. The molecule has 0 N–H and O–H groups in total. The first-order valence-electron chi connectivity index (χ1n) is 6.93. The molecular formula is C15H16FN3O3. The van der Waals surface area contributed by atoms with Crippen LogP contribution < -0.4 is 0 Å². The van der Waals surface area contributed by atoms with Gasteiger partial charge in [0.15, 0.2) is 5.78 Å². The highest BCUT2D eigenvalue weighted by atomic mass is 19.1. The minimum atomic E-state index is -0.563. The molecule has 0 fully saturated rings. The standard InChI is InChI=1S/C15H16FN3O3/c1-3-11(20)9-19-14(15(21)22-4-2)7-13(18-19)12-6-5-10(16)8-17-12/h5-8H,3-4,9H2,1-2H3. The maximum absolute atomic E-state index is 12.9. The van der Waals surface area contributed by atoms with Gasteiger partial charge in [-0.2, -0.15) is 5.10 Å². The van der Waals surface area contributed by atoms with Gasteiger partial charge in [0.05, 0.1) is 18.5 Å². The molecule has 22 heavy (non-hydrogen) atoms. The van der Waals surface area contributed by atoms with Gasteiger partial charge in [-0.15, -0.1) is 0 Å². The zero-order valence-electron chi connectivity index (χ0n) is 12.4. The molecule has 0 atom stereocenters. The van der Waals surface area contributed by atoms with Crippen LogP contribution in [0, 0.1) is 5.82 Å². The Labute approximate surface area is 126 Å². The Morgan fingerprint density at radius 3 is 2.64 bits per heavy atom. The predicted octanol–water partition coefficient (Wildman–Crippen LogP) is 2.24. The Hall–Kier alpha value is -2.57. The number of hydrogen-bond acceptors (Lipinski definition) is 5. The third-order valence-corrected chi connectivity index (χ3v) is 2.97. The van der Waals surface area contributed by atoms with Crippen molar-refractivity contribution in [1.82, 2.24) is 14.8 Å². The third-order valence-electron chi connectivity index (χ3n) is 2.97. The number of carbonyl (C=O) groups excluding carboxylic acids is 2. The van der Waals surface area contributed by atoms with Crippen molar-refractivity contribution in [3.05, 3.63) is 35.9 Å². The van der Waals surface area contributed by atoms with Gasteiger partial charge >= 0.3 is 5.97 Å². The molecule has 2 aromatic rings. The fourth-order valence-corrected chi connectivity index (χ4v) is 1.84. The molecule has 0 unspecified atom stereocenters. The molecule has 0 aliphatic rings. The van der Waals surface area contributed by atoms with Crippen molar-refractivity contribution < 1.29 is 18.7 Å². The molecule has 2 rings (SSSR count). The highest BCUT2D eigenvalue weighted by Gasteiger charge is 2.19. The number of ketones is 1. The van der Waals surface area contributed by atoms with Gasteiger partial charge < -0.3 is 4.74 Å². The lowest BCUT2D eigenvalue weighted by molar-refractivity contribution is -0.119. The van der Waals surface area contributed by atoms with Gasteiger partial charge in [-0.25, -0.2) is 13.9 Å². The summed E-state index contributed by atoms with van der Waals surface area (Å²) >= 11 is 0. The van der Waals surface area contributed by atoms with Gasteiger partial charge in [0.25, 0.3) is 0 Å². The normalized spacial score (nSPS) is 10.5. The van der Waals surface area contributed by atoms with E-state index < -0.39 is 11.8 Å². The summed E-state index contributed by atoms with van der Waals surface area (Å²) in [6, 6.07) is 4.20.